The lowest BCUT2D eigenvalue weighted by molar-refractivity contribution is -0.160. The minimum Gasteiger partial charge on any atom is -0.379 e. The molecule has 0 aromatic heterocycles. The number of hydrogen-bond donors (Lipinski definition) is 4. The molecule has 128 valence electrons. The largest absolute Gasteiger partial charge is 0.379 e. The second-order valence-electron chi connectivity index (χ2n) is 5.88. The van der Waals surface area contributed by atoms with Gasteiger partial charge in [-0.2, -0.15) is 0 Å². The number of likely N-dealkylation sites (N-methyl/N-ethyl adjacent to an activating group) is 1. The molecule has 0 aromatic carbocycles. The van der Waals surface area contributed by atoms with E-state index in [1.807, 2.05) is 25.9 Å². The number of ether oxygens (including phenoxy) is 1. The third-order valence-corrected chi connectivity index (χ3v) is 4.34. The van der Waals surface area contributed by atoms with Crippen molar-refractivity contribution < 1.29 is 14.9 Å². The summed E-state index contributed by atoms with van der Waals surface area (Å²) >= 11 is 0. The second kappa shape index (κ2) is 10.0. The van der Waals surface area contributed by atoms with E-state index >= 15 is 0 Å². The van der Waals surface area contributed by atoms with Gasteiger partial charge in [-0.1, -0.05) is 13.3 Å². The average molecular weight is 313 g/mol. The fourth-order valence-electron chi connectivity index (χ4n) is 2.95. The Morgan fingerprint density at radius 1 is 1.36 bits per heavy atom. The van der Waals surface area contributed by atoms with Crippen LogP contribution in [0, 0.1) is 12.5 Å². The maximum Gasteiger partial charge on any atom is 0.155 e. The zero-order valence-corrected chi connectivity index (χ0v) is 14.0. The average Bonchev–Trinajstić information content (AvgIpc) is 2.52. The molecule has 0 radical (unpaired) electrons. The highest BCUT2D eigenvalue weighted by molar-refractivity contribution is 4.95. The van der Waals surface area contributed by atoms with Crippen molar-refractivity contribution in [1.82, 2.24) is 15.5 Å². The molecule has 0 heterocycles. The van der Waals surface area contributed by atoms with E-state index in [4.69, 9.17) is 11.2 Å². The van der Waals surface area contributed by atoms with E-state index in [0.717, 1.165) is 19.3 Å². The van der Waals surface area contributed by atoms with Crippen molar-refractivity contribution in [3.05, 3.63) is 0 Å². The van der Waals surface area contributed by atoms with Crippen molar-refractivity contribution in [1.29, 1.82) is 0 Å². The van der Waals surface area contributed by atoms with E-state index in [2.05, 4.69) is 16.7 Å². The first kappa shape index (κ1) is 19.2. The van der Waals surface area contributed by atoms with E-state index in [9.17, 15) is 10.2 Å². The van der Waals surface area contributed by atoms with Crippen LogP contribution in [0.15, 0.2) is 0 Å². The molecule has 6 heteroatoms. The molecule has 0 saturated heterocycles. The third kappa shape index (κ3) is 6.11. The van der Waals surface area contributed by atoms with Gasteiger partial charge in [0.05, 0.1) is 6.10 Å². The van der Waals surface area contributed by atoms with Gasteiger partial charge in [-0.3, -0.25) is 5.32 Å². The number of nitrogens with zero attached hydrogens (tertiary/aromatic N) is 1. The Morgan fingerprint density at radius 3 is 2.68 bits per heavy atom. The Morgan fingerprint density at radius 2 is 2.09 bits per heavy atom. The SMILES string of the molecule is C#CN(C)C1CCC(OC(O)CCC(O)NCC)C(NC)C1. The minimum absolute atomic E-state index is 0.0290. The number of terminal acetylenes is 1. The van der Waals surface area contributed by atoms with Crippen molar-refractivity contribution in [3.63, 3.8) is 0 Å². The van der Waals surface area contributed by atoms with Gasteiger partial charge >= 0.3 is 0 Å². The van der Waals surface area contributed by atoms with Crippen LogP contribution in [-0.2, 0) is 4.74 Å². The van der Waals surface area contributed by atoms with E-state index in [1.54, 1.807) is 0 Å². The summed E-state index contributed by atoms with van der Waals surface area (Å²) in [6, 6.07) is 3.17. The maximum absolute atomic E-state index is 10.0. The number of nitrogens with one attached hydrogen (secondary N) is 2. The lowest BCUT2D eigenvalue weighted by Gasteiger charge is -2.39. The van der Waals surface area contributed by atoms with Crippen LogP contribution in [0.25, 0.3) is 0 Å². The molecule has 0 spiro atoms. The van der Waals surface area contributed by atoms with Crippen molar-refractivity contribution in [2.75, 3.05) is 20.6 Å². The molecule has 1 saturated carbocycles. The van der Waals surface area contributed by atoms with Gasteiger partial charge < -0.3 is 25.2 Å². The van der Waals surface area contributed by atoms with Crippen LogP contribution >= 0.6 is 0 Å². The lowest BCUT2D eigenvalue weighted by Crippen LogP contribution is -2.50. The molecule has 0 aliphatic heterocycles. The summed E-state index contributed by atoms with van der Waals surface area (Å²) in [5.41, 5.74) is 0. The van der Waals surface area contributed by atoms with Crippen LogP contribution < -0.4 is 10.6 Å². The molecule has 5 atom stereocenters. The predicted molar refractivity (Wildman–Crippen MR) is 86.9 cm³/mol. The van der Waals surface area contributed by atoms with Crippen LogP contribution in [-0.4, -0.2) is 66.5 Å². The van der Waals surface area contributed by atoms with E-state index in [-0.39, 0.29) is 12.1 Å². The standard InChI is InChI=1S/C16H31N3O3/c1-5-18-15(20)9-10-16(21)22-14-8-7-12(19(4)6-2)11-13(14)17-3/h2,12-18,20-21H,5,7-11H2,1,3-4H3. The second-order valence-corrected chi connectivity index (χ2v) is 5.88. The first-order chi connectivity index (χ1) is 10.5. The van der Waals surface area contributed by atoms with Gasteiger partial charge in [-0.05, 0) is 39.3 Å². The molecular formula is C16H31N3O3. The first-order valence-electron chi connectivity index (χ1n) is 8.13. The summed E-state index contributed by atoms with van der Waals surface area (Å²) in [5.74, 6) is 0. The van der Waals surface area contributed by atoms with Gasteiger partial charge in [0.15, 0.2) is 6.29 Å². The van der Waals surface area contributed by atoms with E-state index < -0.39 is 12.5 Å². The Hall–Kier alpha value is -0.840. The topological polar surface area (TPSA) is 77.0 Å². The van der Waals surface area contributed by atoms with E-state index in [1.165, 1.54) is 0 Å². The fourth-order valence-corrected chi connectivity index (χ4v) is 2.95. The van der Waals surface area contributed by atoms with Gasteiger partial charge in [0.25, 0.3) is 0 Å². The summed E-state index contributed by atoms with van der Waals surface area (Å²) in [5, 5.41) is 25.8. The van der Waals surface area contributed by atoms with Gasteiger partial charge in [0, 0.05) is 31.6 Å². The molecule has 0 amide bonds. The molecule has 0 bridgehead atoms. The molecule has 1 rings (SSSR count). The molecule has 0 aromatic rings. The lowest BCUT2D eigenvalue weighted by atomic mass is 9.88. The van der Waals surface area contributed by atoms with Gasteiger partial charge in [-0.25, -0.2) is 0 Å². The fraction of sp³-hybridized carbons (Fsp3) is 0.875. The Bertz CT molecular complexity index is 348. The third-order valence-electron chi connectivity index (χ3n) is 4.34. The van der Waals surface area contributed by atoms with Crippen molar-refractivity contribution in [3.8, 4) is 12.5 Å². The molecule has 6 nitrogen and oxygen atoms in total. The molecule has 1 fully saturated rings. The van der Waals surface area contributed by atoms with Crippen LogP contribution in [0.1, 0.15) is 39.0 Å². The minimum atomic E-state index is -0.851. The Balaban J connectivity index is 2.40. The van der Waals surface area contributed by atoms with Crippen LogP contribution in [0.2, 0.25) is 0 Å². The highest BCUT2D eigenvalue weighted by atomic mass is 16.6. The van der Waals surface area contributed by atoms with E-state index in [0.29, 0.717) is 25.4 Å². The first-order valence-corrected chi connectivity index (χ1v) is 8.13. The maximum atomic E-state index is 10.0. The van der Waals surface area contributed by atoms with Crippen molar-refractivity contribution in [2.24, 2.45) is 0 Å². The summed E-state index contributed by atoms with van der Waals surface area (Å²) in [7, 11) is 3.83. The highest BCUT2D eigenvalue weighted by Gasteiger charge is 2.33. The van der Waals surface area contributed by atoms with Gasteiger partial charge in [0.2, 0.25) is 0 Å². The van der Waals surface area contributed by atoms with Crippen LogP contribution in [0.3, 0.4) is 0 Å². The highest BCUT2D eigenvalue weighted by Crippen LogP contribution is 2.26. The molecule has 1 aliphatic carbocycles. The smallest absolute Gasteiger partial charge is 0.155 e. The number of hydrogen-bond acceptors (Lipinski definition) is 6. The Kier molecular flexibility index (Phi) is 8.76. The predicted octanol–water partition coefficient (Wildman–Crippen LogP) is 0.0611. The monoisotopic (exact) mass is 313 g/mol. The number of aliphatic hydroxyl groups excluding tert-OH is 2. The summed E-state index contributed by atoms with van der Waals surface area (Å²) < 4.78 is 5.77. The summed E-state index contributed by atoms with van der Waals surface area (Å²) in [6.07, 6.45) is 7.56. The van der Waals surface area contributed by atoms with Gasteiger partial charge in [-0.15, -0.1) is 0 Å². The molecule has 4 N–H and O–H groups in total. The zero-order chi connectivity index (χ0) is 16.5. The van der Waals surface area contributed by atoms with Crippen LogP contribution in [0.5, 0.6) is 0 Å². The molecule has 1 aliphatic rings. The molecule has 22 heavy (non-hydrogen) atoms. The quantitative estimate of drug-likeness (QED) is 0.274. The Labute approximate surface area is 134 Å². The number of aliphatic hydroxyl groups is 2. The normalized spacial score (nSPS) is 27.9. The molecular weight excluding hydrogens is 282 g/mol. The van der Waals surface area contributed by atoms with Gasteiger partial charge in [0.1, 0.15) is 6.23 Å². The molecule has 5 unspecified atom stereocenters. The van der Waals surface area contributed by atoms with Crippen molar-refractivity contribution >= 4 is 0 Å². The summed E-state index contributed by atoms with van der Waals surface area (Å²) in [4.78, 5) is 1.91. The van der Waals surface area contributed by atoms with Crippen molar-refractivity contribution in [2.45, 2.75) is 69.7 Å². The zero-order valence-electron chi connectivity index (χ0n) is 14.0. The van der Waals surface area contributed by atoms with Crippen LogP contribution in [0.4, 0.5) is 0 Å². The summed E-state index contributed by atoms with van der Waals surface area (Å²) in [6.45, 7) is 2.63. The number of rotatable bonds is 9.